The van der Waals surface area contributed by atoms with E-state index in [2.05, 4.69) is 26.2 Å². The predicted molar refractivity (Wildman–Crippen MR) is 170 cm³/mol. The molecule has 0 aliphatic rings. The zero-order valence-electron chi connectivity index (χ0n) is 25.8. The number of aliphatic hydroxyl groups is 1. The van der Waals surface area contributed by atoms with Crippen molar-refractivity contribution in [3.63, 3.8) is 0 Å². The monoisotopic (exact) mass is 696 g/mol. The number of esters is 2. The highest BCUT2D eigenvalue weighted by molar-refractivity contribution is 9.10. The van der Waals surface area contributed by atoms with Gasteiger partial charge in [0.1, 0.15) is 6.61 Å². The molecule has 3 N–H and O–H groups in total. The minimum absolute atomic E-state index is 0.0949. The average Bonchev–Trinajstić information content (AvgIpc) is 2.96. The van der Waals surface area contributed by atoms with Gasteiger partial charge in [-0.2, -0.15) is 0 Å². The number of nitrogens with one attached hydrogen (secondary N) is 1. The predicted octanol–water partition coefficient (Wildman–Crippen LogP) is 5.02. The normalized spacial score (nSPS) is 16.6. The van der Waals surface area contributed by atoms with E-state index in [1.165, 1.54) is 13.8 Å². The van der Waals surface area contributed by atoms with Crippen LogP contribution in [0.15, 0.2) is 64.1 Å². The Morgan fingerprint density at radius 1 is 0.955 bits per heavy atom. The maximum absolute atomic E-state index is 13.5. The summed E-state index contributed by atoms with van der Waals surface area (Å²) in [5.74, 6) is -3.68. The third-order valence-corrected chi connectivity index (χ3v) is 9.41. The van der Waals surface area contributed by atoms with E-state index in [1.54, 1.807) is 52.0 Å². The Labute approximate surface area is 267 Å². The number of aliphatic imine (C=N–C) groups is 1. The molecule has 11 nitrogen and oxygen atoms in total. The van der Waals surface area contributed by atoms with Crippen molar-refractivity contribution < 1.29 is 43.2 Å². The summed E-state index contributed by atoms with van der Waals surface area (Å²) in [5.41, 5.74) is 1.25. The largest absolute Gasteiger partial charge is 0.461 e. The lowest BCUT2D eigenvalue weighted by molar-refractivity contribution is -0.219. The number of amides is 1. The van der Waals surface area contributed by atoms with E-state index in [9.17, 15) is 28.9 Å². The first-order chi connectivity index (χ1) is 20.6. The number of rotatable bonds is 16. The van der Waals surface area contributed by atoms with Crippen molar-refractivity contribution >= 4 is 46.6 Å². The lowest BCUT2D eigenvalue weighted by atomic mass is 9.98. The molecule has 13 heteroatoms. The molecule has 0 aromatic heterocycles. The van der Waals surface area contributed by atoms with Crippen molar-refractivity contribution in [2.75, 3.05) is 6.16 Å². The maximum atomic E-state index is 13.5. The van der Waals surface area contributed by atoms with Gasteiger partial charge in [0.2, 0.25) is 19.6 Å². The number of carbonyl (C=O) groups excluding carboxylic acids is 3. The summed E-state index contributed by atoms with van der Waals surface area (Å²) in [6, 6.07) is 15.7. The van der Waals surface area contributed by atoms with Crippen molar-refractivity contribution in [1.82, 2.24) is 5.32 Å². The van der Waals surface area contributed by atoms with Gasteiger partial charge >= 0.3 is 11.9 Å². The second-order valence-electron chi connectivity index (χ2n) is 10.9. The maximum Gasteiger partial charge on any atom is 0.311 e. The molecule has 0 spiro atoms. The van der Waals surface area contributed by atoms with Gasteiger partial charge in [0.15, 0.2) is 0 Å². The van der Waals surface area contributed by atoms with Crippen LogP contribution >= 0.6 is 23.3 Å². The minimum Gasteiger partial charge on any atom is -0.461 e. The fraction of sp³-hybridized carbons (Fsp3) is 0.484. The van der Waals surface area contributed by atoms with Crippen LogP contribution in [0.25, 0.3) is 0 Å². The lowest BCUT2D eigenvalue weighted by Gasteiger charge is -2.25. The van der Waals surface area contributed by atoms with Gasteiger partial charge in [-0.05, 0) is 57.4 Å². The van der Waals surface area contributed by atoms with Crippen LogP contribution in [-0.2, 0) is 46.2 Å². The number of benzene rings is 2. The van der Waals surface area contributed by atoms with E-state index in [0.717, 1.165) is 15.6 Å². The second-order valence-corrected chi connectivity index (χ2v) is 14.2. The van der Waals surface area contributed by atoms with Crippen molar-refractivity contribution in [3.05, 3.63) is 70.2 Å². The Kier molecular flexibility index (Phi) is 14.9. The summed E-state index contributed by atoms with van der Waals surface area (Å²) in [4.78, 5) is 52.6. The van der Waals surface area contributed by atoms with Crippen LogP contribution in [0, 0.1) is 17.8 Å². The van der Waals surface area contributed by atoms with Crippen molar-refractivity contribution in [2.45, 2.75) is 73.3 Å². The van der Waals surface area contributed by atoms with Crippen LogP contribution in [0.4, 0.5) is 0 Å². The number of ether oxygens (including phenoxy) is 3. The molecule has 2 rings (SSSR count). The molecule has 6 atom stereocenters. The highest BCUT2D eigenvalue weighted by atomic mass is 79.9. The standard InChI is InChI=1S/C31H42BrN2O9P/c1-19(2)29(36)42-23(6)43-31(38)34-22(5)44(39,40)18-26(16-24-12-14-27(32)15-13-24)28(35)33-21(4)20(3)30(37)41-17-25-10-8-7-9-11-25/h7-15,19-21,23,26,31,38H,16-18H2,1-6H3,(H,33,35)(H,39,40). The van der Waals surface area contributed by atoms with E-state index >= 15 is 0 Å². The third-order valence-electron chi connectivity index (χ3n) is 6.82. The molecule has 6 unspecified atom stereocenters. The summed E-state index contributed by atoms with van der Waals surface area (Å²) in [6.45, 7) is 9.29. The van der Waals surface area contributed by atoms with Crippen LogP contribution < -0.4 is 5.32 Å². The van der Waals surface area contributed by atoms with Gasteiger partial charge in [-0.3, -0.25) is 23.7 Å². The number of nitrogens with zero attached hydrogens (tertiary/aromatic N) is 1. The minimum atomic E-state index is -4.27. The Balaban J connectivity index is 2.14. The smallest absolute Gasteiger partial charge is 0.311 e. The number of halogens is 1. The van der Waals surface area contributed by atoms with Gasteiger partial charge < -0.3 is 24.8 Å². The fourth-order valence-electron chi connectivity index (χ4n) is 3.89. The quantitative estimate of drug-likeness (QED) is 0.0948. The first kappa shape index (κ1) is 37.3. The van der Waals surface area contributed by atoms with Gasteiger partial charge in [-0.25, -0.2) is 4.99 Å². The van der Waals surface area contributed by atoms with Crippen LogP contribution in [0.1, 0.15) is 52.7 Å². The van der Waals surface area contributed by atoms with Gasteiger partial charge in [0.05, 0.1) is 23.2 Å². The fourth-order valence-corrected chi connectivity index (χ4v) is 5.59. The van der Waals surface area contributed by atoms with E-state index in [0.29, 0.717) is 0 Å². The lowest BCUT2D eigenvalue weighted by Crippen LogP contribution is -2.44. The topological polar surface area (TPSA) is 161 Å². The molecule has 0 radical (unpaired) electrons. The number of hydrogen-bond donors (Lipinski definition) is 3. The summed E-state index contributed by atoms with van der Waals surface area (Å²) in [5, 5.41) is 13.0. The molecule has 0 heterocycles. The van der Waals surface area contributed by atoms with Crippen molar-refractivity contribution in [3.8, 4) is 0 Å². The average molecular weight is 698 g/mol. The molecule has 0 bridgehead atoms. The zero-order valence-corrected chi connectivity index (χ0v) is 28.3. The van der Waals surface area contributed by atoms with Gasteiger partial charge in [-0.1, -0.05) is 72.2 Å². The molecule has 1 amide bonds. The summed E-state index contributed by atoms with van der Waals surface area (Å²) >= 11 is 3.37. The number of aliphatic hydroxyl groups excluding tert-OH is 1. The van der Waals surface area contributed by atoms with Gasteiger partial charge in [0, 0.05) is 16.7 Å². The summed E-state index contributed by atoms with van der Waals surface area (Å²) in [6.07, 6.45) is -3.41. The molecule has 242 valence electrons. The zero-order chi connectivity index (χ0) is 33.0. The van der Waals surface area contributed by atoms with Crippen molar-refractivity contribution in [2.24, 2.45) is 22.7 Å². The molecule has 0 saturated carbocycles. The third kappa shape index (κ3) is 12.6. The van der Waals surface area contributed by atoms with Crippen LogP contribution in [-0.4, -0.2) is 58.2 Å². The highest BCUT2D eigenvalue weighted by Gasteiger charge is 2.34. The van der Waals surface area contributed by atoms with Crippen LogP contribution in [0.2, 0.25) is 0 Å². The van der Waals surface area contributed by atoms with E-state index < -0.39 is 67.9 Å². The molecule has 0 aliphatic heterocycles. The van der Waals surface area contributed by atoms with Crippen molar-refractivity contribution in [1.29, 1.82) is 0 Å². The Hall–Kier alpha value is -2.89. The SMILES string of the molecule is CC(=NC(O)OC(C)OC(=O)C(C)C)P(=O)(O)CC(Cc1ccc(Br)cc1)C(=O)NC(C)C(C)C(=O)OCc1ccccc1. The van der Waals surface area contributed by atoms with E-state index in [-0.39, 0.29) is 18.5 Å². The number of carbonyl (C=O) groups is 3. The second kappa shape index (κ2) is 17.6. The molecule has 0 saturated heterocycles. The highest BCUT2D eigenvalue weighted by Crippen LogP contribution is 2.45. The Morgan fingerprint density at radius 3 is 2.16 bits per heavy atom. The molecule has 0 aliphatic carbocycles. The van der Waals surface area contributed by atoms with Crippen LogP contribution in [0.5, 0.6) is 0 Å². The molecule has 44 heavy (non-hydrogen) atoms. The first-order valence-corrected chi connectivity index (χ1v) is 16.9. The Morgan fingerprint density at radius 2 is 1.57 bits per heavy atom. The Bertz CT molecular complexity index is 1320. The summed E-state index contributed by atoms with van der Waals surface area (Å²) in [7, 11) is -4.27. The first-order valence-electron chi connectivity index (χ1n) is 14.2. The molecular formula is C31H42BrN2O9P. The van der Waals surface area contributed by atoms with E-state index in [4.69, 9.17) is 14.2 Å². The molecule has 2 aromatic carbocycles. The number of hydrogen-bond acceptors (Lipinski definition) is 9. The van der Waals surface area contributed by atoms with Gasteiger partial charge in [-0.15, -0.1) is 0 Å². The van der Waals surface area contributed by atoms with E-state index in [1.807, 2.05) is 30.3 Å². The van der Waals surface area contributed by atoms with Crippen LogP contribution in [0.3, 0.4) is 0 Å². The molecule has 0 fully saturated rings. The molecule has 2 aromatic rings. The molecular weight excluding hydrogens is 655 g/mol. The van der Waals surface area contributed by atoms with Gasteiger partial charge in [0.25, 0.3) is 6.41 Å². The summed E-state index contributed by atoms with van der Waals surface area (Å²) < 4.78 is 29.8.